The summed E-state index contributed by atoms with van der Waals surface area (Å²) in [5.41, 5.74) is 5.23. The van der Waals surface area contributed by atoms with Gasteiger partial charge < -0.3 is 0 Å². The van der Waals surface area contributed by atoms with Gasteiger partial charge in [0.1, 0.15) is 5.69 Å². The molecule has 0 saturated heterocycles. The molecule has 6 heteroatoms. The van der Waals surface area contributed by atoms with Crippen LogP contribution in [0, 0.1) is 0 Å². The molecule has 5 nitrogen and oxygen atoms in total. The zero-order valence-corrected chi connectivity index (χ0v) is 13.9. The minimum Gasteiger partial charge on any atom is -0.285 e. The smallest absolute Gasteiger partial charge is 0.269 e. The number of benzene rings is 1. The van der Waals surface area contributed by atoms with Crippen molar-refractivity contribution in [3.05, 3.63) is 65.2 Å². The summed E-state index contributed by atoms with van der Waals surface area (Å²) < 4.78 is 1.81. The van der Waals surface area contributed by atoms with Crippen LogP contribution in [-0.4, -0.2) is 34.8 Å². The van der Waals surface area contributed by atoms with E-state index in [1.165, 1.54) is 0 Å². The second-order valence-corrected chi connectivity index (χ2v) is 6.33. The quantitative estimate of drug-likeness (QED) is 0.734. The SMILES string of the molecule is CN(C)NC(=O)c1cn(Cc2ccccc2)nc1-c1cccs1. The number of aromatic nitrogens is 2. The van der Waals surface area contributed by atoms with Gasteiger partial charge in [0, 0.05) is 20.3 Å². The number of hydrogen-bond acceptors (Lipinski definition) is 4. The van der Waals surface area contributed by atoms with Crippen LogP contribution in [0.25, 0.3) is 10.6 Å². The van der Waals surface area contributed by atoms with Gasteiger partial charge in [-0.15, -0.1) is 11.3 Å². The zero-order valence-electron chi connectivity index (χ0n) is 13.1. The van der Waals surface area contributed by atoms with Crippen molar-refractivity contribution in [1.82, 2.24) is 20.2 Å². The summed E-state index contributed by atoms with van der Waals surface area (Å²) in [5, 5.41) is 8.24. The Kier molecular flexibility index (Phi) is 4.55. The highest BCUT2D eigenvalue weighted by Crippen LogP contribution is 2.27. The monoisotopic (exact) mass is 326 g/mol. The Morgan fingerprint density at radius 3 is 2.65 bits per heavy atom. The molecule has 0 saturated carbocycles. The Morgan fingerprint density at radius 1 is 1.22 bits per heavy atom. The molecule has 0 unspecified atom stereocenters. The molecule has 0 fully saturated rings. The third kappa shape index (κ3) is 3.67. The fraction of sp³-hybridized carbons (Fsp3) is 0.176. The maximum atomic E-state index is 12.4. The molecular formula is C17H18N4OS. The van der Waals surface area contributed by atoms with E-state index in [9.17, 15) is 4.79 Å². The van der Waals surface area contributed by atoms with Crippen LogP contribution in [0.2, 0.25) is 0 Å². The van der Waals surface area contributed by atoms with Crippen molar-refractivity contribution in [1.29, 1.82) is 0 Å². The number of carbonyl (C=O) groups is 1. The van der Waals surface area contributed by atoms with E-state index in [2.05, 4.69) is 10.5 Å². The fourth-order valence-corrected chi connectivity index (χ4v) is 3.02. The molecule has 3 rings (SSSR count). The van der Waals surface area contributed by atoms with Gasteiger partial charge in [0.2, 0.25) is 0 Å². The Bertz CT molecular complexity index is 778. The average Bonchev–Trinajstić information content (AvgIpc) is 3.16. The molecule has 0 aliphatic carbocycles. The first kappa shape index (κ1) is 15.5. The fourth-order valence-electron chi connectivity index (χ4n) is 2.30. The molecule has 2 aromatic heterocycles. The van der Waals surface area contributed by atoms with Crippen molar-refractivity contribution < 1.29 is 4.79 Å². The number of rotatable bonds is 5. The molecule has 1 amide bonds. The van der Waals surface area contributed by atoms with Gasteiger partial charge in [0.05, 0.1) is 17.0 Å². The van der Waals surface area contributed by atoms with Gasteiger partial charge in [0.25, 0.3) is 5.91 Å². The number of nitrogens with zero attached hydrogens (tertiary/aromatic N) is 3. The van der Waals surface area contributed by atoms with Crippen molar-refractivity contribution in [2.24, 2.45) is 0 Å². The number of carbonyl (C=O) groups excluding carboxylic acids is 1. The summed E-state index contributed by atoms with van der Waals surface area (Å²) in [7, 11) is 3.58. The lowest BCUT2D eigenvalue weighted by Gasteiger charge is -2.11. The van der Waals surface area contributed by atoms with Gasteiger partial charge in [-0.2, -0.15) is 5.10 Å². The van der Waals surface area contributed by atoms with E-state index in [1.807, 2.05) is 52.5 Å². The van der Waals surface area contributed by atoms with Crippen LogP contribution in [0.4, 0.5) is 0 Å². The predicted octanol–water partition coefficient (Wildman–Crippen LogP) is 2.87. The standard InChI is InChI=1S/C17H18N4OS/c1-20(2)19-17(22)14-12-21(11-13-7-4-3-5-8-13)18-16(14)15-9-6-10-23-15/h3-10,12H,11H2,1-2H3,(H,19,22). The van der Waals surface area contributed by atoms with Crippen LogP contribution in [0.3, 0.4) is 0 Å². The summed E-state index contributed by atoms with van der Waals surface area (Å²) in [6.07, 6.45) is 1.81. The summed E-state index contributed by atoms with van der Waals surface area (Å²) in [6, 6.07) is 14.0. The molecule has 0 aliphatic rings. The lowest BCUT2D eigenvalue weighted by atomic mass is 10.2. The van der Waals surface area contributed by atoms with Crippen LogP contribution in [0.15, 0.2) is 54.0 Å². The molecule has 3 aromatic rings. The molecule has 2 heterocycles. The van der Waals surface area contributed by atoms with Crippen molar-refractivity contribution >= 4 is 17.2 Å². The first-order valence-corrected chi connectivity index (χ1v) is 8.15. The maximum Gasteiger partial charge on any atom is 0.269 e. The van der Waals surface area contributed by atoms with Gasteiger partial charge in [-0.1, -0.05) is 36.4 Å². The van der Waals surface area contributed by atoms with Crippen molar-refractivity contribution in [3.63, 3.8) is 0 Å². The highest BCUT2D eigenvalue weighted by Gasteiger charge is 2.19. The highest BCUT2D eigenvalue weighted by molar-refractivity contribution is 7.13. The van der Waals surface area contributed by atoms with Crippen molar-refractivity contribution in [3.8, 4) is 10.6 Å². The second kappa shape index (κ2) is 6.76. The second-order valence-electron chi connectivity index (χ2n) is 5.39. The van der Waals surface area contributed by atoms with Crippen LogP contribution in [0.5, 0.6) is 0 Å². The normalized spacial score (nSPS) is 10.9. The number of thiophene rings is 1. The molecule has 0 aliphatic heterocycles. The molecule has 23 heavy (non-hydrogen) atoms. The van der Waals surface area contributed by atoms with E-state index in [-0.39, 0.29) is 5.91 Å². The maximum absolute atomic E-state index is 12.4. The summed E-state index contributed by atoms with van der Waals surface area (Å²) in [4.78, 5) is 13.4. The molecule has 0 radical (unpaired) electrons. The Labute approximate surface area is 139 Å². The van der Waals surface area contributed by atoms with Crippen LogP contribution < -0.4 is 5.43 Å². The van der Waals surface area contributed by atoms with Crippen molar-refractivity contribution in [2.75, 3.05) is 14.1 Å². The number of hydrazine groups is 1. The van der Waals surface area contributed by atoms with Crippen LogP contribution in [-0.2, 0) is 6.54 Å². The summed E-state index contributed by atoms with van der Waals surface area (Å²) in [6.45, 7) is 0.633. The van der Waals surface area contributed by atoms with E-state index in [4.69, 9.17) is 0 Å². The molecule has 0 spiro atoms. The lowest BCUT2D eigenvalue weighted by Crippen LogP contribution is -2.36. The summed E-state index contributed by atoms with van der Waals surface area (Å²) >= 11 is 1.58. The molecular weight excluding hydrogens is 308 g/mol. The van der Waals surface area contributed by atoms with E-state index in [0.29, 0.717) is 12.1 Å². The van der Waals surface area contributed by atoms with Gasteiger partial charge in [-0.3, -0.25) is 14.9 Å². The van der Waals surface area contributed by atoms with Gasteiger partial charge in [0.15, 0.2) is 0 Å². The molecule has 0 atom stereocenters. The molecule has 0 bridgehead atoms. The highest BCUT2D eigenvalue weighted by atomic mass is 32.1. The van der Waals surface area contributed by atoms with Gasteiger partial charge in [-0.25, -0.2) is 5.01 Å². The Balaban J connectivity index is 1.95. The summed E-state index contributed by atoms with van der Waals surface area (Å²) in [5.74, 6) is -0.155. The number of amides is 1. The van der Waals surface area contributed by atoms with E-state index in [1.54, 1.807) is 36.6 Å². The predicted molar refractivity (Wildman–Crippen MR) is 92.2 cm³/mol. The first-order valence-electron chi connectivity index (χ1n) is 7.27. The molecule has 1 aromatic carbocycles. The Morgan fingerprint density at radius 2 is 2.00 bits per heavy atom. The minimum atomic E-state index is -0.155. The minimum absolute atomic E-state index is 0.155. The third-order valence-corrected chi connectivity index (χ3v) is 4.15. The van der Waals surface area contributed by atoms with E-state index >= 15 is 0 Å². The van der Waals surface area contributed by atoms with Crippen LogP contribution >= 0.6 is 11.3 Å². The number of nitrogens with one attached hydrogen (secondary N) is 1. The van der Waals surface area contributed by atoms with Crippen molar-refractivity contribution in [2.45, 2.75) is 6.54 Å². The average molecular weight is 326 g/mol. The van der Waals surface area contributed by atoms with E-state index in [0.717, 1.165) is 16.1 Å². The number of hydrogen-bond donors (Lipinski definition) is 1. The molecule has 1 N–H and O–H groups in total. The van der Waals surface area contributed by atoms with Crippen LogP contribution in [0.1, 0.15) is 15.9 Å². The topological polar surface area (TPSA) is 50.2 Å². The van der Waals surface area contributed by atoms with Gasteiger partial charge in [-0.05, 0) is 17.0 Å². The molecule has 118 valence electrons. The van der Waals surface area contributed by atoms with E-state index < -0.39 is 0 Å². The first-order chi connectivity index (χ1) is 11.1. The van der Waals surface area contributed by atoms with Gasteiger partial charge >= 0.3 is 0 Å². The zero-order chi connectivity index (χ0) is 16.2. The lowest BCUT2D eigenvalue weighted by molar-refractivity contribution is 0.0857. The Hall–Kier alpha value is -2.44. The largest absolute Gasteiger partial charge is 0.285 e. The third-order valence-electron chi connectivity index (χ3n) is 3.27.